The van der Waals surface area contributed by atoms with Crippen LogP contribution < -0.4 is 16.0 Å². The Morgan fingerprint density at radius 1 is 0.963 bits per heavy atom. The maximum atomic E-state index is 12.6. The Morgan fingerprint density at radius 2 is 1.74 bits per heavy atom. The first-order valence-corrected chi connectivity index (χ1v) is 8.54. The molecular formula is C19H18N4O4. The molecule has 3 unspecified atom stereocenters. The lowest BCUT2D eigenvalue weighted by Gasteiger charge is -2.46. The molecule has 0 aromatic heterocycles. The second kappa shape index (κ2) is 6.64. The Labute approximate surface area is 155 Å². The summed E-state index contributed by atoms with van der Waals surface area (Å²) in [4.78, 5) is 38.7. The molecule has 8 heteroatoms. The highest BCUT2D eigenvalue weighted by molar-refractivity contribution is 6.00. The van der Waals surface area contributed by atoms with Gasteiger partial charge in [0.2, 0.25) is 5.91 Å². The zero-order valence-corrected chi connectivity index (χ0v) is 14.3. The summed E-state index contributed by atoms with van der Waals surface area (Å²) in [5.74, 6) is -1.19. The average molecular weight is 366 g/mol. The summed E-state index contributed by atoms with van der Waals surface area (Å²) in [5, 5.41) is 17.6. The second-order valence-electron chi connectivity index (χ2n) is 6.57. The van der Waals surface area contributed by atoms with Crippen LogP contribution in [0.4, 0.5) is 9.59 Å². The molecule has 0 radical (unpaired) electrons. The standard InChI is InChI=1S/C19H18N4O4/c24-13-8-4-7-12(9-13)15-14-16(21-18(26)20-15)23(19(27)22-17(14)25)10-11-5-2-1-3-6-11/h1-9,14-16,24H,10H2,(H2,20,21,26)(H,22,25,27). The number of hydrogen-bond acceptors (Lipinski definition) is 4. The van der Waals surface area contributed by atoms with E-state index in [9.17, 15) is 19.5 Å². The van der Waals surface area contributed by atoms with Crippen LogP contribution >= 0.6 is 0 Å². The number of amides is 5. The minimum Gasteiger partial charge on any atom is -0.508 e. The van der Waals surface area contributed by atoms with Crippen molar-refractivity contribution in [1.82, 2.24) is 20.9 Å². The van der Waals surface area contributed by atoms with Crippen molar-refractivity contribution in [3.8, 4) is 5.75 Å². The quantitative estimate of drug-likeness (QED) is 0.659. The Balaban J connectivity index is 1.70. The molecule has 4 rings (SSSR count). The summed E-state index contributed by atoms with van der Waals surface area (Å²) in [5.41, 5.74) is 1.46. The van der Waals surface area contributed by atoms with Crippen molar-refractivity contribution in [3.05, 3.63) is 65.7 Å². The topological polar surface area (TPSA) is 111 Å². The van der Waals surface area contributed by atoms with Gasteiger partial charge in [0.25, 0.3) is 0 Å². The third kappa shape index (κ3) is 3.17. The number of aromatic hydroxyl groups is 1. The highest BCUT2D eigenvalue weighted by atomic mass is 16.3. The van der Waals surface area contributed by atoms with E-state index in [1.54, 1.807) is 12.1 Å². The van der Waals surface area contributed by atoms with Crippen LogP contribution in [0.3, 0.4) is 0 Å². The molecule has 0 saturated carbocycles. The van der Waals surface area contributed by atoms with Gasteiger partial charge in [-0.25, -0.2) is 9.59 Å². The molecular weight excluding hydrogens is 348 g/mol. The molecule has 2 fully saturated rings. The van der Waals surface area contributed by atoms with E-state index >= 15 is 0 Å². The van der Waals surface area contributed by atoms with Gasteiger partial charge in [-0.1, -0.05) is 42.5 Å². The lowest BCUT2D eigenvalue weighted by atomic mass is 9.86. The normalized spacial score (nSPS) is 24.5. The number of carbonyl (C=O) groups is 3. The monoisotopic (exact) mass is 366 g/mol. The molecule has 2 aliphatic rings. The summed E-state index contributed by atoms with van der Waals surface area (Å²) in [6.07, 6.45) is -0.799. The van der Waals surface area contributed by atoms with Crippen molar-refractivity contribution >= 4 is 18.0 Å². The van der Waals surface area contributed by atoms with E-state index in [1.165, 1.54) is 17.0 Å². The second-order valence-corrected chi connectivity index (χ2v) is 6.57. The van der Waals surface area contributed by atoms with Crippen molar-refractivity contribution in [2.45, 2.75) is 18.8 Å². The number of imide groups is 1. The summed E-state index contributed by atoms with van der Waals surface area (Å²) >= 11 is 0. The molecule has 4 N–H and O–H groups in total. The minimum atomic E-state index is -0.799. The molecule has 27 heavy (non-hydrogen) atoms. The van der Waals surface area contributed by atoms with Gasteiger partial charge < -0.3 is 15.7 Å². The smallest absolute Gasteiger partial charge is 0.326 e. The molecule has 2 heterocycles. The van der Waals surface area contributed by atoms with Gasteiger partial charge in [-0.05, 0) is 23.3 Å². The van der Waals surface area contributed by atoms with Crippen LogP contribution in [-0.2, 0) is 11.3 Å². The number of phenolic OH excluding ortho intramolecular Hbond substituents is 1. The van der Waals surface area contributed by atoms with Gasteiger partial charge >= 0.3 is 12.1 Å². The number of nitrogens with zero attached hydrogens (tertiary/aromatic N) is 1. The van der Waals surface area contributed by atoms with Gasteiger partial charge in [-0.3, -0.25) is 15.0 Å². The van der Waals surface area contributed by atoms with Crippen LogP contribution in [-0.4, -0.2) is 34.1 Å². The molecule has 3 atom stereocenters. The van der Waals surface area contributed by atoms with Crippen LogP contribution in [0.2, 0.25) is 0 Å². The van der Waals surface area contributed by atoms with Gasteiger partial charge in [0.05, 0.1) is 6.04 Å². The van der Waals surface area contributed by atoms with E-state index in [4.69, 9.17) is 0 Å². The fraction of sp³-hybridized carbons (Fsp3) is 0.211. The Hall–Kier alpha value is -3.55. The fourth-order valence-electron chi connectivity index (χ4n) is 3.59. The van der Waals surface area contributed by atoms with Crippen LogP contribution in [0.1, 0.15) is 17.2 Å². The van der Waals surface area contributed by atoms with Crippen LogP contribution in [0.25, 0.3) is 0 Å². The maximum absolute atomic E-state index is 12.6. The van der Waals surface area contributed by atoms with E-state index in [-0.39, 0.29) is 12.3 Å². The summed E-state index contributed by atoms with van der Waals surface area (Å²) < 4.78 is 0. The van der Waals surface area contributed by atoms with Crippen LogP contribution in [0.15, 0.2) is 54.6 Å². The number of rotatable bonds is 3. The first-order valence-electron chi connectivity index (χ1n) is 8.54. The zero-order chi connectivity index (χ0) is 19.0. The molecule has 2 aromatic carbocycles. The van der Waals surface area contributed by atoms with Crippen LogP contribution in [0, 0.1) is 5.92 Å². The van der Waals surface area contributed by atoms with Gasteiger partial charge in [-0.15, -0.1) is 0 Å². The fourth-order valence-corrected chi connectivity index (χ4v) is 3.59. The van der Waals surface area contributed by atoms with E-state index in [0.717, 1.165) is 5.56 Å². The molecule has 0 spiro atoms. The van der Waals surface area contributed by atoms with Crippen molar-refractivity contribution in [2.24, 2.45) is 5.92 Å². The maximum Gasteiger partial charge on any atom is 0.326 e. The molecule has 8 nitrogen and oxygen atoms in total. The van der Waals surface area contributed by atoms with Gasteiger partial charge in [0, 0.05) is 6.54 Å². The largest absolute Gasteiger partial charge is 0.508 e. The first-order chi connectivity index (χ1) is 13.0. The number of hydrogen-bond donors (Lipinski definition) is 4. The van der Waals surface area contributed by atoms with Gasteiger partial charge in [0.15, 0.2) is 0 Å². The number of nitrogens with one attached hydrogen (secondary N) is 3. The average Bonchev–Trinajstić information content (AvgIpc) is 2.65. The van der Waals surface area contributed by atoms with E-state index in [2.05, 4.69) is 16.0 Å². The number of phenols is 1. The Kier molecular flexibility index (Phi) is 4.15. The predicted molar refractivity (Wildman–Crippen MR) is 95.3 cm³/mol. The Bertz CT molecular complexity index is 902. The molecule has 0 aliphatic carbocycles. The third-order valence-electron chi connectivity index (χ3n) is 4.82. The molecule has 2 saturated heterocycles. The zero-order valence-electron chi connectivity index (χ0n) is 14.3. The molecule has 138 valence electrons. The van der Waals surface area contributed by atoms with E-state index < -0.39 is 36.1 Å². The minimum absolute atomic E-state index is 0.0327. The molecule has 2 aliphatic heterocycles. The van der Waals surface area contributed by atoms with E-state index in [0.29, 0.717) is 5.56 Å². The van der Waals surface area contributed by atoms with Crippen molar-refractivity contribution in [1.29, 1.82) is 0 Å². The van der Waals surface area contributed by atoms with Gasteiger partial charge in [-0.2, -0.15) is 0 Å². The van der Waals surface area contributed by atoms with Crippen LogP contribution in [0.5, 0.6) is 5.75 Å². The number of carbonyl (C=O) groups excluding carboxylic acids is 3. The summed E-state index contributed by atoms with van der Waals surface area (Å²) in [6, 6.07) is 14.0. The highest BCUT2D eigenvalue weighted by Gasteiger charge is 2.49. The first kappa shape index (κ1) is 16.9. The third-order valence-corrected chi connectivity index (χ3v) is 4.82. The van der Waals surface area contributed by atoms with Crippen molar-refractivity contribution in [3.63, 3.8) is 0 Å². The van der Waals surface area contributed by atoms with Crippen molar-refractivity contribution < 1.29 is 19.5 Å². The predicted octanol–water partition coefficient (Wildman–Crippen LogP) is 1.44. The number of fused-ring (bicyclic) bond motifs is 1. The number of urea groups is 2. The Morgan fingerprint density at radius 3 is 2.48 bits per heavy atom. The van der Waals surface area contributed by atoms with Crippen molar-refractivity contribution in [2.75, 3.05) is 0 Å². The SMILES string of the molecule is O=C1NC(c2cccc(O)c2)C2C(=O)NC(=O)N(Cc3ccccc3)C2N1. The molecule has 0 bridgehead atoms. The summed E-state index contributed by atoms with van der Waals surface area (Å²) in [6.45, 7) is 0.244. The lowest BCUT2D eigenvalue weighted by Crippen LogP contribution is -2.71. The van der Waals surface area contributed by atoms with E-state index in [1.807, 2.05) is 30.3 Å². The van der Waals surface area contributed by atoms with Gasteiger partial charge in [0.1, 0.15) is 17.8 Å². The number of benzene rings is 2. The highest BCUT2D eigenvalue weighted by Crippen LogP contribution is 2.33. The summed E-state index contributed by atoms with van der Waals surface area (Å²) in [7, 11) is 0. The molecule has 5 amide bonds. The molecule has 2 aromatic rings. The lowest BCUT2D eigenvalue weighted by molar-refractivity contribution is -0.130.